The Labute approximate surface area is 150 Å². The molecule has 0 bridgehead atoms. The topological polar surface area (TPSA) is 59.8 Å². The summed E-state index contributed by atoms with van der Waals surface area (Å²) in [6, 6.07) is 18.5. The van der Waals surface area contributed by atoms with Crippen molar-refractivity contribution < 1.29 is 4.79 Å². The van der Waals surface area contributed by atoms with E-state index in [1.165, 1.54) is 0 Å². The second kappa shape index (κ2) is 5.52. The van der Waals surface area contributed by atoms with Crippen molar-refractivity contribution in [3.05, 3.63) is 72.1 Å². The number of hydrogen-bond acceptors (Lipinski definition) is 3. The van der Waals surface area contributed by atoms with Crippen molar-refractivity contribution in [2.45, 2.75) is 13.3 Å². The molecule has 1 amide bonds. The van der Waals surface area contributed by atoms with Gasteiger partial charge in [-0.3, -0.25) is 9.36 Å². The van der Waals surface area contributed by atoms with Gasteiger partial charge in [-0.15, -0.1) is 0 Å². The zero-order chi connectivity index (χ0) is 17.7. The van der Waals surface area contributed by atoms with Crippen LogP contribution < -0.4 is 5.32 Å². The van der Waals surface area contributed by atoms with Gasteiger partial charge in [0, 0.05) is 16.6 Å². The lowest BCUT2D eigenvalue weighted by atomic mass is 10.1. The number of anilines is 1. The van der Waals surface area contributed by atoms with Crippen LogP contribution in [0.1, 0.15) is 11.3 Å². The number of amides is 1. The molecule has 0 spiro atoms. The molecule has 0 atom stereocenters. The summed E-state index contributed by atoms with van der Waals surface area (Å²) in [5.74, 6) is 0.639. The molecular formula is C21H16N4O. The predicted octanol–water partition coefficient (Wildman–Crippen LogP) is 3.89. The number of rotatable bonds is 2. The van der Waals surface area contributed by atoms with Crippen LogP contribution in [0.25, 0.3) is 28.0 Å². The molecule has 0 radical (unpaired) electrons. The Morgan fingerprint density at radius 3 is 2.77 bits per heavy atom. The molecule has 0 fully saturated rings. The molecule has 0 unspecified atom stereocenters. The van der Waals surface area contributed by atoms with Crippen LogP contribution in [0.4, 0.5) is 5.82 Å². The molecule has 0 saturated carbocycles. The second-order valence-electron chi connectivity index (χ2n) is 6.52. The molecule has 0 aliphatic carbocycles. The van der Waals surface area contributed by atoms with E-state index in [4.69, 9.17) is 4.98 Å². The van der Waals surface area contributed by atoms with Crippen molar-refractivity contribution in [3.63, 3.8) is 0 Å². The summed E-state index contributed by atoms with van der Waals surface area (Å²) in [6.07, 6.45) is 2.16. The standard InChI is InChI=1S/C21H16N4O/c1-13-7-8-15-10-18(14-5-3-2-4-6-14)25(21(15)23-13)17-9-16-11-19(26)24-20(16)22-12-17/h2-10,12H,11H2,1H3,(H,22,24,26). The Morgan fingerprint density at radius 2 is 1.92 bits per heavy atom. The van der Waals surface area contributed by atoms with Crippen molar-refractivity contribution in [1.29, 1.82) is 0 Å². The molecule has 5 rings (SSSR count). The van der Waals surface area contributed by atoms with Gasteiger partial charge in [-0.2, -0.15) is 0 Å². The van der Waals surface area contributed by atoms with E-state index in [2.05, 4.69) is 39.1 Å². The summed E-state index contributed by atoms with van der Waals surface area (Å²) < 4.78 is 2.12. The number of hydrogen-bond donors (Lipinski definition) is 1. The van der Waals surface area contributed by atoms with Gasteiger partial charge in [-0.25, -0.2) is 9.97 Å². The van der Waals surface area contributed by atoms with Gasteiger partial charge in [0.1, 0.15) is 11.5 Å². The molecule has 1 aliphatic heterocycles. The minimum Gasteiger partial charge on any atom is -0.310 e. The molecular weight excluding hydrogens is 324 g/mol. The molecule has 4 heterocycles. The Kier molecular flexibility index (Phi) is 3.15. The highest BCUT2D eigenvalue weighted by Gasteiger charge is 2.21. The van der Waals surface area contributed by atoms with Crippen molar-refractivity contribution in [2.24, 2.45) is 0 Å². The van der Waals surface area contributed by atoms with E-state index in [1.54, 1.807) is 6.20 Å². The molecule has 5 nitrogen and oxygen atoms in total. The van der Waals surface area contributed by atoms with Gasteiger partial charge < -0.3 is 5.32 Å². The molecule has 1 aliphatic rings. The van der Waals surface area contributed by atoms with Crippen LogP contribution in [-0.4, -0.2) is 20.4 Å². The van der Waals surface area contributed by atoms with Crippen molar-refractivity contribution >= 4 is 22.8 Å². The lowest BCUT2D eigenvalue weighted by Gasteiger charge is -2.11. The number of nitrogens with one attached hydrogen (secondary N) is 1. The first-order chi connectivity index (χ1) is 12.7. The number of carbonyl (C=O) groups is 1. The fourth-order valence-electron chi connectivity index (χ4n) is 3.47. The fourth-order valence-corrected chi connectivity index (χ4v) is 3.47. The van der Waals surface area contributed by atoms with Crippen molar-refractivity contribution in [3.8, 4) is 16.9 Å². The van der Waals surface area contributed by atoms with Crippen LogP contribution >= 0.6 is 0 Å². The van der Waals surface area contributed by atoms with Gasteiger partial charge in [0.25, 0.3) is 0 Å². The van der Waals surface area contributed by atoms with E-state index in [1.807, 2.05) is 37.3 Å². The summed E-state index contributed by atoms with van der Waals surface area (Å²) in [7, 11) is 0. The van der Waals surface area contributed by atoms with Crippen LogP contribution in [0.5, 0.6) is 0 Å². The van der Waals surface area contributed by atoms with Gasteiger partial charge in [-0.1, -0.05) is 30.3 Å². The lowest BCUT2D eigenvalue weighted by molar-refractivity contribution is -0.115. The first-order valence-corrected chi connectivity index (χ1v) is 8.53. The average molecular weight is 340 g/mol. The number of aryl methyl sites for hydroxylation is 1. The third kappa shape index (κ3) is 2.29. The number of benzene rings is 1. The maximum atomic E-state index is 11.7. The van der Waals surface area contributed by atoms with Crippen LogP contribution in [0.3, 0.4) is 0 Å². The summed E-state index contributed by atoms with van der Waals surface area (Å²) in [5, 5.41) is 3.86. The number of pyridine rings is 2. The van der Waals surface area contributed by atoms with Crippen molar-refractivity contribution in [2.75, 3.05) is 5.32 Å². The maximum absolute atomic E-state index is 11.7. The van der Waals surface area contributed by atoms with Gasteiger partial charge in [0.2, 0.25) is 5.91 Å². The van der Waals surface area contributed by atoms with E-state index in [0.717, 1.165) is 39.2 Å². The maximum Gasteiger partial charge on any atom is 0.230 e. The van der Waals surface area contributed by atoms with Crippen LogP contribution in [0.2, 0.25) is 0 Å². The third-order valence-corrected chi connectivity index (χ3v) is 4.68. The van der Waals surface area contributed by atoms with Gasteiger partial charge in [0.05, 0.1) is 24.0 Å². The minimum absolute atomic E-state index is 0.0146. The first kappa shape index (κ1) is 14.8. The molecule has 1 aromatic carbocycles. The van der Waals surface area contributed by atoms with E-state index in [0.29, 0.717) is 12.2 Å². The Hall–Kier alpha value is -3.47. The molecule has 0 saturated heterocycles. The third-order valence-electron chi connectivity index (χ3n) is 4.68. The van der Waals surface area contributed by atoms with Crippen LogP contribution in [0, 0.1) is 6.92 Å². The largest absolute Gasteiger partial charge is 0.310 e. The van der Waals surface area contributed by atoms with Crippen molar-refractivity contribution in [1.82, 2.24) is 14.5 Å². The molecule has 126 valence electrons. The number of aromatic nitrogens is 3. The zero-order valence-electron chi connectivity index (χ0n) is 14.2. The Morgan fingerprint density at radius 1 is 1.08 bits per heavy atom. The first-order valence-electron chi connectivity index (χ1n) is 8.53. The molecule has 3 aromatic heterocycles. The summed E-state index contributed by atoms with van der Waals surface area (Å²) in [6.45, 7) is 1.99. The van der Waals surface area contributed by atoms with Gasteiger partial charge in [-0.05, 0) is 36.8 Å². The molecule has 4 aromatic rings. The summed E-state index contributed by atoms with van der Waals surface area (Å²) >= 11 is 0. The molecule has 1 N–H and O–H groups in total. The highest BCUT2D eigenvalue weighted by atomic mass is 16.1. The Bertz CT molecular complexity index is 1160. The van der Waals surface area contributed by atoms with E-state index in [9.17, 15) is 4.79 Å². The van der Waals surface area contributed by atoms with Crippen LogP contribution in [0.15, 0.2) is 60.8 Å². The van der Waals surface area contributed by atoms with E-state index in [-0.39, 0.29) is 5.91 Å². The van der Waals surface area contributed by atoms with E-state index < -0.39 is 0 Å². The normalized spacial score (nSPS) is 13.0. The number of fused-ring (bicyclic) bond motifs is 2. The monoisotopic (exact) mass is 340 g/mol. The number of nitrogens with zero attached hydrogens (tertiary/aromatic N) is 3. The molecule has 5 heteroatoms. The van der Waals surface area contributed by atoms with Gasteiger partial charge >= 0.3 is 0 Å². The second-order valence-corrected chi connectivity index (χ2v) is 6.52. The summed E-state index contributed by atoms with van der Waals surface area (Å²) in [5.41, 5.74) is 5.84. The Balaban J connectivity index is 1.80. The van der Waals surface area contributed by atoms with E-state index >= 15 is 0 Å². The fraction of sp³-hybridized carbons (Fsp3) is 0.0952. The number of carbonyl (C=O) groups excluding carboxylic acids is 1. The average Bonchev–Trinajstić information content (AvgIpc) is 3.20. The molecule has 26 heavy (non-hydrogen) atoms. The lowest BCUT2D eigenvalue weighted by Crippen LogP contribution is -2.04. The predicted molar refractivity (Wildman–Crippen MR) is 101 cm³/mol. The SMILES string of the molecule is Cc1ccc2cc(-c3ccccc3)n(-c3cnc4c(c3)CC(=O)N4)c2n1. The summed E-state index contributed by atoms with van der Waals surface area (Å²) in [4.78, 5) is 20.9. The van der Waals surface area contributed by atoms with Gasteiger partial charge in [0.15, 0.2) is 0 Å². The minimum atomic E-state index is -0.0146. The smallest absolute Gasteiger partial charge is 0.230 e. The zero-order valence-corrected chi connectivity index (χ0v) is 14.2. The highest BCUT2D eigenvalue weighted by Crippen LogP contribution is 2.32. The quantitative estimate of drug-likeness (QED) is 0.602. The van der Waals surface area contributed by atoms with Crippen LogP contribution in [-0.2, 0) is 11.2 Å². The highest BCUT2D eigenvalue weighted by molar-refractivity contribution is 5.98.